The predicted molar refractivity (Wildman–Crippen MR) is 65.4 cm³/mol. The third-order valence-corrected chi connectivity index (χ3v) is 2.71. The molecule has 1 aliphatic rings. The lowest BCUT2D eigenvalue weighted by Gasteiger charge is -2.32. The van der Waals surface area contributed by atoms with Crippen molar-refractivity contribution < 1.29 is 14.3 Å². The molecule has 5 nitrogen and oxygen atoms in total. The summed E-state index contributed by atoms with van der Waals surface area (Å²) in [5.41, 5.74) is 0.996. The Balaban J connectivity index is 2.07. The normalized spacial score (nSPS) is 19.8. The fraction of sp³-hybridized carbons (Fsp3) is 0.385. The van der Waals surface area contributed by atoms with Crippen LogP contribution in [0.15, 0.2) is 30.3 Å². The summed E-state index contributed by atoms with van der Waals surface area (Å²) in [4.78, 5) is 25.1. The van der Waals surface area contributed by atoms with E-state index < -0.39 is 6.23 Å². The van der Waals surface area contributed by atoms with E-state index in [9.17, 15) is 9.59 Å². The first-order chi connectivity index (χ1) is 8.70. The highest BCUT2D eigenvalue weighted by Gasteiger charge is 2.32. The molecule has 2 rings (SSSR count). The molecule has 0 radical (unpaired) electrons. The van der Waals surface area contributed by atoms with Crippen molar-refractivity contribution in [3.63, 3.8) is 0 Å². The van der Waals surface area contributed by atoms with Crippen molar-refractivity contribution in [2.45, 2.75) is 19.7 Å². The molecule has 5 heteroatoms. The molecule has 1 aromatic carbocycles. The largest absolute Gasteiger partial charge is 0.350 e. The van der Waals surface area contributed by atoms with Crippen molar-refractivity contribution in [2.75, 3.05) is 13.2 Å². The molecule has 0 aromatic heterocycles. The Morgan fingerprint density at radius 1 is 1.33 bits per heavy atom. The number of hydrogen-bond acceptors (Lipinski definition) is 3. The van der Waals surface area contributed by atoms with Gasteiger partial charge in [0.05, 0.1) is 0 Å². The second kappa shape index (κ2) is 5.64. The molecule has 2 amide bonds. The van der Waals surface area contributed by atoms with E-state index in [4.69, 9.17) is 4.74 Å². The third kappa shape index (κ3) is 2.87. The van der Waals surface area contributed by atoms with Gasteiger partial charge < -0.3 is 15.0 Å². The van der Waals surface area contributed by atoms with Gasteiger partial charge in [0.1, 0.15) is 6.54 Å². The van der Waals surface area contributed by atoms with Crippen molar-refractivity contribution in [3.05, 3.63) is 35.9 Å². The number of hydrogen-bond donors (Lipinski definition) is 1. The maximum atomic E-state index is 12.1. The zero-order valence-electron chi connectivity index (χ0n) is 10.3. The number of piperazine rings is 1. The first kappa shape index (κ1) is 12.6. The van der Waals surface area contributed by atoms with Crippen LogP contribution >= 0.6 is 0 Å². The van der Waals surface area contributed by atoms with Gasteiger partial charge in [0, 0.05) is 13.2 Å². The van der Waals surface area contributed by atoms with Crippen LogP contribution < -0.4 is 5.32 Å². The van der Waals surface area contributed by atoms with Crippen LogP contribution in [0.25, 0.3) is 0 Å². The molecule has 1 saturated heterocycles. The Hall–Kier alpha value is -1.88. The number of carbonyl (C=O) groups excluding carboxylic acids is 2. The lowest BCUT2D eigenvalue weighted by molar-refractivity contribution is -0.158. The molecule has 0 bridgehead atoms. The third-order valence-electron chi connectivity index (χ3n) is 2.71. The van der Waals surface area contributed by atoms with Crippen molar-refractivity contribution >= 4 is 11.8 Å². The number of carbonyl (C=O) groups is 2. The predicted octanol–water partition coefficient (Wildman–Crippen LogP) is 0.508. The van der Waals surface area contributed by atoms with Crippen LogP contribution in [0.2, 0.25) is 0 Å². The summed E-state index contributed by atoms with van der Waals surface area (Å²) in [6.07, 6.45) is -0.847. The molecule has 0 spiro atoms. The fourth-order valence-corrected chi connectivity index (χ4v) is 1.89. The first-order valence-electron chi connectivity index (χ1n) is 5.94. The molecule has 1 aliphatic heterocycles. The van der Waals surface area contributed by atoms with E-state index in [-0.39, 0.29) is 18.4 Å². The Kier molecular flexibility index (Phi) is 3.94. The number of rotatable bonds is 4. The summed E-state index contributed by atoms with van der Waals surface area (Å²) in [5, 5.41) is 2.53. The van der Waals surface area contributed by atoms with Crippen molar-refractivity contribution in [1.82, 2.24) is 10.2 Å². The molecule has 0 saturated carbocycles. The van der Waals surface area contributed by atoms with Gasteiger partial charge in [0.15, 0.2) is 0 Å². The van der Waals surface area contributed by atoms with Gasteiger partial charge in [0.2, 0.25) is 12.1 Å². The van der Waals surface area contributed by atoms with Gasteiger partial charge in [-0.2, -0.15) is 0 Å². The topological polar surface area (TPSA) is 58.6 Å². The minimum atomic E-state index is -0.847. The second-order valence-corrected chi connectivity index (χ2v) is 4.08. The number of amides is 2. The van der Waals surface area contributed by atoms with Gasteiger partial charge in [-0.15, -0.1) is 0 Å². The highest BCUT2D eigenvalue weighted by atomic mass is 16.5. The lowest BCUT2D eigenvalue weighted by Crippen LogP contribution is -2.58. The molecule has 1 heterocycles. The molecule has 0 aliphatic carbocycles. The first-order valence-corrected chi connectivity index (χ1v) is 5.94. The van der Waals surface area contributed by atoms with Crippen LogP contribution in [0.1, 0.15) is 12.5 Å². The van der Waals surface area contributed by atoms with E-state index in [0.717, 1.165) is 5.56 Å². The summed E-state index contributed by atoms with van der Waals surface area (Å²) in [5.74, 6) is -0.385. The molecule has 1 atom stereocenters. The van der Waals surface area contributed by atoms with E-state index in [1.165, 1.54) is 4.90 Å². The number of benzene rings is 1. The molecule has 18 heavy (non-hydrogen) atoms. The van der Waals surface area contributed by atoms with Gasteiger partial charge >= 0.3 is 0 Å². The molecule has 96 valence electrons. The summed E-state index contributed by atoms with van der Waals surface area (Å²) in [6.45, 7) is 2.68. The average molecular weight is 248 g/mol. The Bertz CT molecular complexity index is 433. The molecule has 1 N–H and O–H groups in total. The van der Waals surface area contributed by atoms with Gasteiger partial charge in [-0.1, -0.05) is 30.3 Å². The van der Waals surface area contributed by atoms with Crippen LogP contribution in [0, 0.1) is 0 Å². The minimum absolute atomic E-state index is 0.0807. The van der Waals surface area contributed by atoms with Crippen molar-refractivity contribution in [1.29, 1.82) is 0 Å². The maximum Gasteiger partial charge on any atom is 0.273 e. The van der Waals surface area contributed by atoms with E-state index in [1.54, 1.807) is 6.92 Å². The standard InChI is InChI=1S/C13H16N2O3/c1-2-18-12-13(17)15(9-11(16)14-12)8-10-6-4-3-5-7-10/h3-7,12H,2,8-9H2,1H3,(H,14,16)/t12-/m1/s1. The SMILES string of the molecule is CCO[C@H]1NC(=O)CN(Cc2ccccc2)C1=O. The molecule has 1 fully saturated rings. The van der Waals surface area contributed by atoms with Crippen LogP contribution in [0.5, 0.6) is 0 Å². The van der Waals surface area contributed by atoms with Gasteiger partial charge in [-0.25, -0.2) is 0 Å². The minimum Gasteiger partial charge on any atom is -0.350 e. The van der Waals surface area contributed by atoms with Crippen LogP contribution in [0.4, 0.5) is 0 Å². The van der Waals surface area contributed by atoms with Crippen LogP contribution in [-0.4, -0.2) is 36.1 Å². The van der Waals surface area contributed by atoms with Crippen molar-refractivity contribution in [2.24, 2.45) is 0 Å². The summed E-state index contributed by atoms with van der Waals surface area (Å²) < 4.78 is 5.21. The zero-order valence-corrected chi connectivity index (χ0v) is 10.3. The smallest absolute Gasteiger partial charge is 0.273 e. The lowest BCUT2D eigenvalue weighted by atomic mass is 10.2. The van der Waals surface area contributed by atoms with E-state index >= 15 is 0 Å². The number of nitrogens with zero attached hydrogens (tertiary/aromatic N) is 1. The van der Waals surface area contributed by atoms with E-state index in [1.807, 2.05) is 30.3 Å². The Morgan fingerprint density at radius 3 is 2.72 bits per heavy atom. The van der Waals surface area contributed by atoms with Gasteiger partial charge in [0.25, 0.3) is 5.91 Å². The number of nitrogens with one attached hydrogen (secondary N) is 1. The Morgan fingerprint density at radius 2 is 2.06 bits per heavy atom. The quantitative estimate of drug-likeness (QED) is 0.844. The highest BCUT2D eigenvalue weighted by molar-refractivity contribution is 5.93. The monoisotopic (exact) mass is 248 g/mol. The molecular weight excluding hydrogens is 232 g/mol. The van der Waals surface area contributed by atoms with E-state index in [0.29, 0.717) is 13.2 Å². The molecular formula is C13H16N2O3. The maximum absolute atomic E-state index is 12.1. The second-order valence-electron chi connectivity index (χ2n) is 4.08. The fourth-order valence-electron chi connectivity index (χ4n) is 1.89. The Labute approximate surface area is 106 Å². The molecule has 1 aromatic rings. The zero-order chi connectivity index (χ0) is 13.0. The summed E-state index contributed by atoms with van der Waals surface area (Å²) >= 11 is 0. The van der Waals surface area contributed by atoms with Gasteiger partial charge in [-0.3, -0.25) is 9.59 Å². The molecule has 0 unspecified atom stereocenters. The van der Waals surface area contributed by atoms with Gasteiger partial charge in [-0.05, 0) is 12.5 Å². The van der Waals surface area contributed by atoms with Crippen molar-refractivity contribution in [3.8, 4) is 0 Å². The highest BCUT2D eigenvalue weighted by Crippen LogP contribution is 2.09. The summed E-state index contributed by atoms with van der Waals surface area (Å²) in [7, 11) is 0. The average Bonchev–Trinajstić information content (AvgIpc) is 2.36. The van der Waals surface area contributed by atoms with Crippen LogP contribution in [0.3, 0.4) is 0 Å². The number of ether oxygens (including phenoxy) is 1. The summed E-state index contributed by atoms with van der Waals surface area (Å²) in [6, 6.07) is 9.58. The van der Waals surface area contributed by atoms with Crippen LogP contribution in [-0.2, 0) is 20.9 Å². The van der Waals surface area contributed by atoms with E-state index in [2.05, 4.69) is 5.32 Å².